The third-order valence-corrected chi connectivity index (χ3v) is 5.11. The van der Waals surface area contributed by atoms with Crippen molar-refractivity contribution in [2.75, 3.05) is 11.5 Å². The molecule has 1 aromatic rings. The lowest BCUT2D eigenvalue weighted by atomic mass is 9.89. The highest BCUT2D eigenvalue weighted by Gasteiger charge is 2.39. The van der Waals surface area contributed by atoms with Crippen LogP contribution in [0.3, 0.4) is 0 Å². The summed E-state index contributed by atoms with van der Waals surface area (Å²) in [5, 5.41) is 0. The average Bonchev–Trinajstić information content (AvgIpc) is 2.46. The van der Waals surface area contributed by atoms with Crippen molar-refractivity contribution in [2.45, 2.75) is 25.3 Å². The molecule has 0 spiro atoms. The molecule has 1 fully saturated rings. The van der Waals surface area contributed by atoms with E-state index in [2.05, 4.69) is 0 Å². The topological polar surface area (TPSA) is 60.2 Å². The summed E-state index contributed by atoms with van der Waals surface area (Å²) in [5.74, 6) is -0.100. The Balaban J connectivity index is 2.22. The molecule has 1 aliphatic rings. The van der Waals surface area contributed by atoms with Crippen LogP contribution in [0.4, 0.5) is 4.39 Å². The van der Waals surface area contributed by atoms with Crippen LogP contribution in [0.25, 0.3) is 0 Å². The van der Waals surface area contributed by atoms with E-state index in [0.717, 1.165) is 11.1 Å². The maximum atomic E-state index is 13.0. The van der Waals surface area contributed by atoms with Crippen molar-refractivity contribution in [3.8, 4) is 0 Å². The molecule has 2 N–H and O–H groups in total. The van der Waals surface area contributed by atoms with Gasteiger partial charge in [0.05, 0.1) is 11.5 Å². The van der Waals surface area contributed by atoms with Crippen molar-refractivity contribution >= 4 is 9.84 Å². The number of hydrogen-bond donors (Lipinski definition) is 1. The molecule has 1 aliphatic heterocycles. The molecule has 0 radical (unpaired) electrons. The van der Waals surface area contributed by atoms with E-state index in [4.69, 9.17) is 5.73 Å². The predicted octanol–water partition coefficient (Wildman–Crippen LogP) is 1.19. The molecular formula is C12H16FNO2S. The van der Waals surface area contributed by atoms with Crippen molar-refractivity contribution in [3.63, 3.8) is 0 Å². The normalized spacial score (nSPS) is 27.2. The van der Waals surface area contributed by atoms with E-state index in [0.29, 0.717) is 12.8 Å². The largest absolute Gasteiger partial charge is 0.324 e. The summed E-state index contributed by atoms with van der Waals surface area (Å²) in [6.45, 7) is 1.81. The third-order valence-electron chi connectivity index (χ3n) is 3.27. The average molecular weight is 257 g/mol. The standard InChI is InChI=1S/C12H16FNO2S/c1-9-6-11(13)3-2-10(9)7-12(14)4-5-17(15,16)8-12/h2-3,6H,4-5,7-8,14H2,1H3. The van der Waals surface area contributed by atoms with E-state index < -0.39 is 15.4 Å². The quantitative estimate of drug-likeness (QED) is 0.866. The summed E-state index contributed by atoms with van der Waals surface area (Å²) in [4.78, 5) is 0. The number of aryl methyl sites for hydroxylation is 1. The molecule has 1 heterocycles. The molecule has 1 atom stereocenters. The molecule has 17 heavy (non-hydrogen) atoms. The maximum absolute atomic E-state index is 13.0. The zero-order valence-corrected chi connectivity index (χ0v) is 10.6. The van der Waals surface area contributed by atoms with Crippen LogP contribution >= 0.6 is 0 Å². The van der Waals surface area contributed by atoms with Crippen LogP contribution in [0.2, 0.25) is 0 Å². The first kappa shape index (κ1) is 12.5. The van der Waals surface area contributed by atoms with Gasteiger partial charge in [0, 0.05) is 5.54 Å². The van der Waals surface area contributed by atoms with Gasteiger partial charge in [-0.05, 0) is 43.0 Å². The second-order valence-corrected chi connectivity index (χ2v) is 7.14. The Morgan fingerprint density at radius 2 is 2.18 bits per heavy atom. The van der Waals surface area contributed by atoms with Crippen molar-refractivity contribution in [1.82, 2.24) is 0 Å². The van der Waals surface area contributed by atoms with Crippen LogP contribution in [-0.4, -0.2) is 25.5 Å². The Hall–Kier alpha value is -0.940. The van der Waals surface area contributed by atoms with E-state index in [1.54, 1.807) is 6.07 Å². The highest BCUT2D eigenvalue weighted by Crippen LogP contribution is 2.26. The smallest absolute Gasteiger partial charge is 0.152 e. The molecule has 0 aromatic heterocycles. The zero-order chi connectivity index (χ0) is 12.7. The number of nitrogens with two attached hydrogens (primary N) is 1. The van der Waals surface area contributed by atoms with Gasteiger partial charge in [0.2, 0.25) is 0 Å². The summed E-state index contributed by atoms with van der Waals surface area (Å²) in [7, 11) is -2.99. The first-order chi connectivity index (χ1) is 7.80. The lowest BCUT2D eigenvalue weighted by Crippen LogP contribution is -2.43. The molecule has 3 nitrogen and oxygen atoms in total. The Labute approximate surface area is 101 Å². The fourth-order valence-electron chi connectivity index (χ4n) is 2.32. The predicted molar refractivity (Wildman–Crippen MR) is 65.0 cm³/mol. The van der Waals surface area contributed by atoms with Crippen molar-refractivity contribution in [1.29, 1.82) is 0 Å². The van der Waals surface area contributed by atoms with Gasteiger partial charge in [-0.2, -0.15) is 0 Å². The molecular weight excluding hydrogens is 241 g/mol. The second-order valence-electron chi connectivity index (χ2n) is 4.95. The Bertz CT molecular complexity index is 541. The van der Waals surface area contributed by atoms with Crippen LogP contribution < -0.4 is 5.73 Å². The summed E-state index contributed by atoms with van der Waals surface area (Å²) >= 11 is 0. The Morgan fingerprint density at radius 1 is 1.47 bits per heavy atom. The number of hydrogen-bond acceptors (Lipinski definition) is 3. The van der Waals surface area contributed by atoms with E-state index in [1.165, 1.54) is 12.1 Å². The van der Waals surface area contributed by atoms with Crippen molar-refractivity contribution in [3.05, 3.63) is 35.1 Å². The molecule has 0 aliphatic carbocycles. The van der Waals surface area contributed by atoms with Crippen LogP contribution in [0, 0.1) is 12.7 Å². The van der Waals surface area contributed by atoms with Crippen molar-refractivity contribution in [2.24, 2.45) is 5.73 Å². The Kier molecular flexibility index (Phi) is 2.99. The van der Waals surface area contributed by atoms with E-state index in [9.17, 15) is 12.8 Å². The minimum atomic E-state index is -2.99. The van der Waals surface area contributed by atoms with Crippen LogP contribution in [0.15, 0.2) is 18.2 Å². The van der Waals surface area contributed by atoms with Crippen molar-refractivity contribution < 1.29 is 12.8 Å². The van der Waals surface area contributed by atoms with Gasteiger partial charge in [0.1, 0.15) is 5.82 Å². The first-order valence-electron chi connectivity index (χ1n) is 5.54. The Morgan fingerprint density at radius 3 is 2.71 bits per heavy atom. The van der Waals surface area contributed by atoms with E-state index in [-0.39, 0.29) is 17.3 Å². The number of rotatable bonds is 2. The highest BCUT2D eigenvalue weighted by atomic mass is 32.2. The van der Waals surface area contributed by atoms with Gasteiger partial charge in [0.15, 0.2) is 9.84 Å². The van der Waals surface area contributed by atoms with Gasteiger partial charge >= 0.3 is 0 Å². The van der Waals surface area contributed by atoms with Gasteiger partial charge in [-0.25, -0.2) is 12.8 Å². The molecule has 2 rings (SSSR count). The number of benzene rings is 1. The summed E-state index contributed by atoms with van der Waals surface area (Å²) in [6, 6.07) is 4.52. The van der Waals surface area contributed by atoms with Crippen LogP contribution in [0.1, 0.15) is 17.5 Å². The first-order valence-corrected chi connectivity index (χ1v) is 7.36. The van der Waals surface area contributed by atoms with E-state index >= 15 is 0 Å². The molecule has 94 valence electrons. The van der Waals surface area contributed by atoms with Gasteiger partial charge in [-0.1, -0.05) is 6.07 Å². The fourth-order valence-corrected chi connectivity index (χ4v) is 4.30. The summed E-state index contributed by atoms with van der Waals surface area (Å²) < 4.78 is 35.8. The molecule has 5 heteroatoms. The summed E-state index contributed by atoms with van der Waals surface area (Å²) in [5.41, 5.74) is 7.15. The molecule has 0 bridgehead atoms. The van der Waals surface area contributed by atoms with Gasteiger partial charge < -0.3 is 5.73 Å². The maximum Gasteiger partial charge on any atom is 0.152 e. The minimum absolute atomic E-state index is 0.0246. The molecule has 0 amide bonds. The van der Waals surface area contributed by atoms with Gasteiger partial charge in [0.25, 0.3) is 0 Å². The van der Waals surface area contributed by atoms with E-state index in [1.807, 2.05) is 6.92 Å². The zero-order valence-electron chi connectivity index (χ0n) is 9.74. The van der Waals surface area contributed by atoms with Gasteiger partial charge in [-0.3, -0.25) is 0 Å². The molecule has 1 unspecified atom stereocenters. The number of halogens is 1. The molecule has 0 saturated carbocycles. The molecule has 1 aromatic carbocycles. The highest BCUT2D eigenvalue weighted by molar-refractivity contribution is 7.91. The van der Waals surface area contributed by atoms with Gasteiger partial charge in [-0.15, -0.1) is 0 Å². The minimum Gasteiger partial charge on any atom is -0.324 e. The summed E-state index contributed by atoms with van der Waals surface area (Å²) in [6.07, 6.45) is 0.963. The van der Waals surface area contributed by atoms with Crippen LogP contribution in [0.5, 0.6) is 0 Å². The lowest BCUT2D eigenvalue weighted by molar-refractivity contribution is 0.475. The van der Waals surface area contributed by atoms with Crippen LogP contribution in [-0.2, 0) is 16.3 Å². The third kappa shape index (κ3) is 2.84. The fraction of sp³-hybridized carbons (Fsp3) is 0.500. The molecule has 1 saturated heterocycles. The second kappa shape index (κ2) is 4.07. The number of sulfone groups is 1. The monoisotopic (exact) mass is 257 g/mol. The SMILES string of the molecule is Cc1cc(F)ccc1CC1(N)CCS(=O)(=O)C1. The lowest BCUT2D eigenvalue weighted by Gasteiger charge is -2.23.